The number of nitrogen functional groups attached to an aromatic ring is 2. The van der Waals surface area contributed by atoms with Crippen LogP contribution in [0, 0.1) is 5.92 Å². The Hall–Kier alpha value is -3.01. The average molecular weight is 415 g/mol. The highest BCUT2D eigenvalue weighted by Crippen LogP contribution is 2.48. The van der Waals surface area contributed by atoms with E-state index in [2.05, 4.69) is 79.8 Å². The average Bonchev–Trinajstić information content (AvgIpc) is 2.76. The van der Waals surface area contributed by atoms with Gasteiger partial charge in [0.05, 0.1) is 11.4 Å². The Kier molecular flexibility index (Phi) is 6.17. The number of rotatable bonds is 7. The molecule has 0 unspecified atom stereocenters. The van der Waals surface area contributed by atoms with Crippen LogP contribution in [0.25, 0.3) is 0 Å². The summed E-state index contributed by atoms with van der Waals surface area (Å²) in [6.45, 7) is 5.27. The summed E-state index contributed by atoms with van der Waals surface area (Å²) in [6.07, 6.45) is 5.06. The molecular formula is C27H34N4. The first-order valence-corrected chi connectivity index (χ1v) is 11.4. The van der Waals surface area contributed by atoms with E-state index >= 15 is 0 Å². The fourth-order valence-electron chi connectivity index (χ4n) is 5.02. The first-order chi connectivity index (χ1) is 15.0. The normalized spacial score (nSPS) is 14.9. The van der Waals surface area contributed by atoms with Crippen molar-refractivity contribution in [2.45, 2.75) is 51.4 Å². The predicted octanol–water partition coefficient (Wildman–Crippen LogP) is 5.37. The van der Waals surface area contributed by atoms with Crippen molar-refractivity contribution in [1.82, 2.24) is 4.98 Å². The second-order valence-corrected chi connectivity index (χ2v) is 9.34. The van der Waals surface area contributed by atoms with Gasteiger partial charge in [0.1, 0.15) is 5.82 Å². The topological polar surface area (TPSA) is 77.0 Å². The lowest BCUT2D eigenvalue weighted by molar-refractivity contribution is 0.351. The molecular weight excluding hydrogens is 380 g/mol. The number of nitrogens with one attached hydrogen (secondary N) is 1. The summed E-state index contributed by atoms with van der Waals surface area (Å²) < 4.78 is 0. The minimum absolute atomic E-state index is 0.0789. The van der Waals surface area contributed by atoms with E-state index in [-0.39, 0.29) is 5.41 Å². The molecule has 0 radical (unpaired) electrons. The third-order valence-corrected chi connectivity index (χ3v) is 6.40. The summed E-state index contributed by atoms with van der Waals surface area (Å²) in [5.41, 5.74) is 19.4. The van der Waals surface area contributed by atoms with E-state index in [1.807, 2.05) is 0 Å². The second kappa shape index (κ2) is 9.01. The maximum absolute atomic E-state index is 6.55. The van der Waals surface area contributed by atoms with Gasteiger partial charge in [0.2, 0.25) is 0 Å². The molecule has 3 aromatic rings. The van der Waals surface area contributed by atoms with Crippen LogP contribution in [0.4, 0.5) is 17.2 Å². The Morgan fingerprint density at radius 2 is 1.52 bits per heavy atom. The lowest BCUT2D eigenvalue weighted by Crippen LogP contribution is -2.38. The smallest absolute Gasteiger partial charge is 0.149 e. The third-order valence-electron chi connectivity index (χ3n) is 6.40. The van der Waals surface area contributed by atoms with Crippen molar-refractivity contribution in [2.24, 2.45) is 5.92 Å². The number of hydrogen-bond acceptors (Lipinski definition) is 4. The number of pyridine rings is 1. The van der Waals surface area contributed by atoms with Crippen LogP contribution in [0.1, 0.15) is 49.1 Å². The summed E-state index contributed by atoms with van der Waals surface area (Å²) in [7, 11) is 0. The van der Waals surface area contributed by atoms with Gasteiger partial charge >= 0.3 is 0 Å². The lowest BCUT2D eigenvalue weighted by atomic mass is 9.64. The van der Waals surface area contributed by atoms with Crippen LogP contribution in [-0.4, -0.2) is 11.5 Å². The van der Waals surface area contributed by atoms with Gasteiger partial charge in [-0.25, -0.2) is 4.98 Å². The Morgan fingerprint density at radius 1 is 0.935 bits per heavy atom. The van der Waals surface area contributed by atoms with E-state index < -0.39 is 0 Å². The van der Waals surface area contributed by atoms with Gasteiger partial charge in [-0.15, -0.1) is 0 Å². The second-order valence-electron chi connectivity index (χ2n) is 9.34. The molecule has 0 bridgehead atoms. The fraction of sp³-hybridized carbons (Fsp3) is 0.370. The SMILES string of the molecule is CC(C)CNc1c(N)c(N)nc2c1C(Cc1ccccc1)(Cc1ccccc1)CCC2. The zero-order valence-electron chi connectivity index (χ0n) is 18.7. The van der Waals surface area contributed by atoms with E-state index in [1.165, 1.54) is 16.7 Å². The molecule has 0 saturated carbocycles. The van der Waals surface area contributed by atoms with Gasteiger partial charge in [-0.2, -0.15) is 0 Å². The molecule has 4 nitrogen and oxygen atoms in total. The van der Waals surface area contributed by atoms with Crippen LogP contribution in [0.5, 0.6) is 0 Å². The number of hydrogen-bond donors (Lipinski definition) is 3. The minimum atomic E-state index is -0.0789. The minimum Gasteiger partial charge on any atom is -0.394 e. The Morgan fingerprint density at radius 3 is 2.06 bits per heavy atom. The van der Waals surface area contributed by atoms with E-state index in [0.717, 1.165) is 50.0 Å². The van der Waals surface area contributed by atoms with Gasteiger partial charge in [0, 0.05) is 23.2 Å². The zero-order valence-corrected chi connectivity index (χ0v) is 18.7. The Labute approximate surface area is 186 Å². The number of aryl methyl sites for hydroxylation is 1. The summed E-state index contributed by atoms with van der Waals surface area (Å²) in [4.78, 5) is 4.79. The maximum Gasteiger partial charge on any atom is 0.149 e. The number of aromatic nitrogens is 1. The molecule has 4 rings (SSSR count). The first-order valence-electron chi connectivity index (χ1n) is 11.4. The predicted molar refractivity (Wildman–Crippen MR) is 131 cm³/mol. The molecule has 1 aliphatic rings. The van der Waals surface area contributed by atoms with Gasteiger partial charge in [-0.1, -0.05) is 74.5 Å². The largest absolute Gasteiger partial charge is 0.394 e. The molecule has 31 heavy (non-hydrogen) atoms. The molecule has 5 N–H and O–H groups in total. The van der Waals surface area contributed by atoms with Crippen LogP contribution < -0.4 is 16.8 Å². The monoisotopic (exact) mass is 414 g/mol. The molecule has 0 aliphatic heterocycles. The number of fused-ring (bicyclic) bond motifs is 1. The molecule has 1 heterocycles. The molecule has 4 heteroatoms. The van der Waals surface area contributed by atoms with Gasteiger partial charge < -0.3 is 16.8 Å². The van der Waals surface area contributed by atoms with Crippen molar-refractivity contribution >= 4 is 17.2 Å². The quantitative estimate of drug-likeness (QED) is 0.485. The van der Waals surface area contributed by atoms with Crippen molar-refractivity contribution in [2.75, 3.05) is 23.3 Å². The van der Waals surface area contributed by atoms with Crippen molar-refractivity contribution < 1.29 is 0 Å². The van der Waals surface area contributed by atoms with E-state index in [4.69, 9.17) is 16.5 Å². The van der Waals surface area contributed by atoms with E-state index in [9.17, 15) is 0 Å². The summed E-state index contributed by atoms with van der Waals surface area (Å²) in [6, 6.07) is 21.6. The van der Waals surface area contributed by atoms with Gasteiger partial charge in [0.15, 0.2) is 0 Å². The Balaban J connectivity index is 1.89. The molecule has 2 aromatic carbocycles. The molecule has 0 saturated heterocycles. The summed E-state index contributed by atoms with van der Waals surface area (Å²) >= 11 is 0. The van der Waals surface area contributed by atoms with Crippen LogP contribution in [0.2, 0.25) is 0 Å². The molecule has 162 valence electrons. The molecule has 1 aliphatic carbocycles. The van der Waals surface area contributed by atoms with Gasteiger partial charge in [0.25, 0.3) is 0 Å². The summed E-state index contributed by atoms with van der Waals surface area (Å²) in [5, 5.41) is 3.66. The zero-order chi connectivity index (χ0) is 21.8. The van der Waals surface area contributed by atoms with Gasteiger partial charge in [-0.3, -0.25) is 0 Å². The van der Waals surface area contributed by atoms with Gasteiger partial charge in [-0.05, 0) is 49.1 Å². The van der Waals surface area contributed by atoms with Crippen molar-refractivity contribution in [1.29, 1.82) is 0 Å². The number of nitrogens with two attached hydrogens (primary N) is 2. The van der Waals surface area contributed by atoms with Crippen LogP contribution in [-0.2, 0) is 24.7 Å². The lowest BCUT2D eigenvalue weighted by Gasteiger charge is -2.41. The third kappa shape index (κ3) is 4.53. The molecule has 1 aromatic heterocycles. The van der Waals surface area contributed by atoms with E-state index in [1.54, 1.807) is 0 Å². The molecule has 0 fully saturated rings. The number of nitrogens with zero attached hydrogens (tertiary/aromatic N) is 1. The van der Waals surface area contributed by atoms with Crippen LogP contribution in [0.15, 0.2) is 60.7 Å². The highest BCUT2D eigenvalue weighted by Gasteiger charge is 2.40. The highest BCUT2D eigenvalue weighted by atomic mass is 15.0. The van der Waals surface area contributed by atoms with Crippen molar-refractivity contribution in [3.63, 3.8) is 0 Å². The maximum atomic E-state index is 6.55. The highest BCUT2D eigenvalue weighted by molar-refractivity contribution is 5.81. The number of benzene rings is 2. The van der Waals surface area contributed by atoms with Crippen LogP contribution >= 0.6 is 0 Å². The Bertz CT molecular complexity index is 971. The van der Waals surface area contributed by atoms with Crippen LogP contribution in [0.3, 0.4) is 0 Å². The number of anilines is 3. The molecule has 0 amide bonds. The first kappa shape index (κ1) is 21.2. The fourth-order valence-corrected chi connectivity index (χ4v) is 5.02. The molecule has 0 atom stereocenters. The van der Waals surface area contributed by atoms with Crippen molar-refractivity contribution in [3.05, 3.63) is 83.0 Å². The summed E-state index contributed by atoms with van der Waals surface area (Å²) in [5.74, 6) is 0.950. The molecule has 0 spiro atoms. The van der Waals surface area contributed by atoms with E-state index in [0.29, 0.717) is 17.4 Å². The van der Waals surface area contributed by atoms with Crippen molar-refractivity contribution in [3.8, 4) is 0 Å². The standard InChI is InChI=1S/C27H34N4/c1-19(2)18-30-25-23-22(31-26(29)24(25)28)14-9-15-27(23,16-20-10-5-3-6-11-20)17-21-12-7-4-8-13-21/h3-8,10-13,19H,9,14-18,28H2,1-2H3,(H3,29,30,31).